The SMILES string of the molecule is C=CC(=O)Nc1ccc(-c2c3c4c(ncnc4n2C)NCCc2c-3ccc(Oc3cccc(CCN(C)C/C=C/C(=O)Nc4ccc(-c5c6c7c(ncnc7n5C)NCc5cc(Oc7nccc(C)n7)ccc5-6)cc4)n3)c2F)cc1. The number of anilines is 4. The van der Waals surface area contributed by atoms with Gasteiger partial charge in [-0.25, -0.2) is 39.3 Å². The standard InChI is InChI=1S/C61H53FN14O4/c1-6-47(77)71-40-16-12-37(13-17-40)56-51-44-22-23-46(54(62)45(44)25-28-63-57-53(51)60(76(56)5)68-33-66-57)80-49-11-7-9-39(73-49)26-30-74(3)29-8-10-48(78)72-41-18-14-36(15-19-41)55-50-43-21-20-42(79-61-64-27-24-35(2)70-61)31-38(43)32-65-58-52(50)59(75(55)4)69-34-67-58/h6-24,27,31,33-34H,1,25-26,28-30,32H2,2-5H3,(H,71,77)(H,72,78)(H,63,66,68)(H,65,67,69)/b10-8+. The molecule has 398 valence electrons. The van der Waals surface area contributed by atoms with Gasteiger partial charge in [0.1, 0.15) is 41.3 Å². The molecule has 80 heavy (non-hydrogen) atoms. The number of hydrogen-bond donors (Lipinski definition) is 4. The number of rotatable bonds is 15. The van der Waals surface area contributed by atoms with E-state index in [9.17, 15) is 9.59 Å². The van der Waals surface area contributed by atoms with Gasteiger partial charge in [-0.1, -0.05) is 55.1 Å². The molecule has 8 heterocycles. The first-order chi connectivity index (χ1) is 39.0. The van der Waals surface area contributed by atoms with Gasteiger partial charge in [0, 0.05) is 104 Å². The Morgan fingerprint density at radius 1 is 0.762 bits per heavy atom. The largest absolute Gasteiger partial charge is 0.436 e. The Hall–Kier alpha value is -10.1. The van der Waals surface area contributed by atoms with E-state index in [4.69, 9.17) is 14.5 Å². The van der Waals surface area contributed by atoms with Gasteiger partial charge in [0.2, 0.25) is 17.7 Å². The number of amides is 2. The van der Waals surface area contributed by atoms with Crippen LogP contribution in [-0.2, 0) is 43.1 Å². The molecule has 4 aromatic carbocycles. The van der Waals surface area contributed by atoms with E-state index in [-0.39, 0.29) is 29.5 Å². The molecule has 0 saturated heterocycles. The molecule has 0 atom stereocenters. The highest BCUT2D eigenvalue weighted by molar-refractivity contribution is 6.11. The van der Waals surface area contributed by atoms with Gasteiger partial charge in [-0.15, -0.1) is 0 Å². The number of benzene rings is 4. The van der Waals surface area contributed by atoms with Gasteiger partial charge in [-0.05, 0) is 109 Å². The van der Waals surface area contributed by atoms with Gasteiger partial charge in [0.05, 0.1) is 22.2 Å². The van der Waals surface area contributed by atoms with Crippen molar-refractivity contribution in [3.63, 3.8) is 0 Å². The topological polar surface area (TPSA) is 204 Å². The number of nitrogens with zero attached hydrogens (tertiary/aromatic N) is 10. The molecule has 4 N–H and O–H groups in total. The molecule has 12 rings (SSSR count). The summed E-state index contributed by atoms with van der Waals surface area (Å²) in [5.74, 6) is 1.32. The summed E-state index contributed by atoms with van der Waals surface area (Å²) < 4.78 is 33.2. The van der Waals surface area contributed by atoms with Crippen LogP contribution in [0.25, 0.3) is 66.8 Å². The molecule has 0 spiro atoms. The first-order valence-electron chi connectivity index (χ1n) is 26.0. The Bertz CT molecular complexity index is 4120. The highest BCUT2D eigenvalue weighted by Crippen LogP contribution is 2.48. The number of hydrogen-bond acceptors (Lipinski definition) is 14. The molecule has 19 heteroatoms. The summed E-state index contributed by atoms with van der Waals surface area (Å²) in [7, 11) is 5.89. The second kappa shape index (κ2) is 21.4. The first-order valence-corrected chi connectivity index (χ1v) is 26.0. The maximum atomic E-state index is 16.9. The van der Waals surface area contributed by atoms with Crippen LogP contribution in [0.1, 0.15) is 22.5 Å². The van der Waals surface area contributed by atoms with Crippen LogP contribution in [0.2, 0.25) is 0 Å². The monoisotopic (exact) mass is 1060 g/mol. The van der Waals surface area contributed by atoms with Crippen LogP contribution >= 0.6 is 0 Å². The molecule has 0 unspecified atom stereocenters. The third-order valence-corrected chi connectivity index (χ3v) is 14.3. The van der Waals surface area contributed by atoms with Crippen molar-refractivity contribution in [1.29, 1.82) is 0 Å². The van der Waals surface area contributed by atoms with Gasteiger partial charge >= 0.3 is 6.01 Å². The lowest BCUT2D eigenvalue weighted by molar-refractivity contribution is -0.112. The van der Waals surface area contributed by atoms with Crippen molar-refractivity contribution in [3.05, 3.63) is 175 Å². The van der Waals surface area contributed by atoms with Crippen molar-refractivity contribution >= 4 is 56.9 Å². The van der Waals surface area contributed by atoms with E-state index in [1.54, 1.807) is 24.7 Å². The van der Waals surface area contributed by atoms with Crippen molar-refractivity contribution in [1.82, 2.24) is 48.9 Å². The number of pyridine rings is 1. The molecule has 2 amide bonds. The fourth-order valence-electron chi connectivity index (χ4n) is 10.5. The molecule has 0 saturated carbocycles. The van der Waals surface area contributed by atoms with Crippen LogP contribution in [0.3, 0.4) is 0 Å². The number of nitrogens with one attached hydrogen (secondary N) is 4. The fraction of sp³-hybridized carbons (Fsp3) is 0.164. The van der Waals surface area contributed by atoms with Gasteiger partial charge in [0.15, 0.2) is 11.6 Å². The van der Waals surface area contributed by atoms with Crippen molar-refractivity contribution in [2.75, 3.05) is 47.9 Å². The van der Waals surface area contributed by atoms with E-state index in [2.05, 4.69) is 73.3 Å². The predicted molar refractivity (Wildman–Crippen MR) is 307 cm³/mol. The Labute approximate surface area is 459 Å². The number of aromatic nitrogens is 9. The van der Waals surface area contributed by atoms with E-state index in [1.807, 2.05) is 124 Å². The summed E-state index contributed by atoms with van der Waals surface area (Å²) in [5, 5.41) is 14.4. The Balaban J connectivity index is 0.691. The second-order valence-corrected chi connectivity index (χ2v) is 19.6. The van der Waals surface area contributed by atoms with Crippen molar-refractivity contribution in [2.45, 2.75) is 26.3 Å². The lowest BCUT2D eigenvalue weighted by Gasteiger charge is -2.19. The summed E-state index contributed by atoms with van der Waals surface area (Å²) >= 11 is 0. The Morgan fingerprint density at radius 3 is 2.11 bits per heavy atom. The molecule has 10 aromatic rings. The summed E-state index contributed by atoms with van der Waals surface area (Å²) in [4.78, 5) is 59.2. The number of carbonyl (C=O) groups excluding carboxylic acids is 2. The van der Waals surface area contributed by atoms with Crippen LogP contribution < -0.4 is 30.7 Å². The minimum atomic E-state index is -0.480. The molecular weight excluding hydrogens is 1010 g/mol. The Morgan fingerprint density at radius 2 is 1.43 bits per heavy atom. The van der Waals surface area contributed by atoms with Gasteiger partial charge < -0.3 is 44.8 Å². The maximum Gasteiger partial charge on any atom is 0.322 e. The third kappa shape index (κ3) is 9.81. The van der Waals surface area contributed by atoms with Crippen LogP contribution in [0.15, 0.2) is 147 Å². The molecule has 0 radical (unpaired) electrons. The van der Waals surface area contributed by atoms with E-state index in [0.29, 0.717) is 78.7 Å². The lowest BCUT2D eigenvalue weighted by atomic mass is 9.91. The molecule has 0 fully saturated rings. The van der Waals surface area contributed by atoms with Gasteiger partial charge in [0.25, 0.3) is 0 Å². The van der Waals surface area contributed by atoms with Gasteiger partial charge in [-0.2, -0.15) is 0 Å². The number of fused-ring (bicyclic) bond motifs is 4. The lowest BCUT2D eigenvalue weighted by Crippen LogP contribution is -2.22. The first kappa shape index (κ1) is 50.7. The Kier molecular flexibility index (Phi) is 13.5. The second-order valence-electron chi connectivity index (χ2n) is 19.6. The third-order valence-electron chi connectivity index (χ3n) is 14.3. The molecule has 6 aromatic heterocycles. The molecule has 2 aliphatic heterocycles. The summed E-state index contributed by atoms with van der Waals surface area (Å²) in [6, 6.07) is 32.3. The summed E-state index contributed by atoms with van der Waals surface area (Å²) in [5.41, 5.74) is 12.9. The number of halogens is 1. The molecule has 2 aliphatic rings. The van der Waals surface area contributed by atoms with Crippen molar-refractivity contribution < 1.29 is 23.5 Å². The van der Waals surface area contributed by atoms with E-state index < -0.39 is 5.82 Å². The van der Waals surface area contributed by atoms with Crippen LogP contribution in [0, 0.1) is 12.7 Å². The highest BCUT2D eigenvalue weighted by Gasteiger charge is 2.30. The zero-order valence-corrected chi connectivity index (χ0v) is 44.2. The summed E-state index contributed by atoms with van der Waals surface area (Å²) in [6.07, 6.45) is 10.3. The van der Waals surface area contributed by atoms with E-state index >= 15 is 4.39 Å². The molecule has 0 bridgehead atoms. The number of ether oxygens (including phenoxy) is 2. The molecule has 0 aliphatic carbocycles. The summed E-state index contributed by atoms with van der Waals surface area (Å²) in [6.45, 7) is 7.54. The van der Waals surface area contributed by atoms with Crippen LogP contribution in [0.5, 0.6) is 23.4 Å². The van der Waals surface area contributed by atoms with Gasteiger partial charge in [-0.3, -0.25) is 9.59 Å². The zero-order chi connectivity index (χ0) is 55.0. The smallest absolute Gasteiger partial charge is 0.322 e. The predicted octanol–water partition coefficient (Wildman–Crippen LogP) is 10.8. The fourth-order valence-corrected chi connectivity index (χ4v) is 10.5. The van der Waals surface area contributed by atoms with E-state index in [1.165, 1.54) is 18.5 Å². The van der Waals surface area contributed by atoms with E-state index in [0.717, 1.165) is 78.4 Å². The number of likely N-dealkylation sites (N-methyl/N-ethyl adjacent to an activating group) is 1. The van der Waals surface area contributed by atoms with Crippen molar-refractivity contribution in [3.8, 4) is 68.2 Å². The quantitative estimate of drug-likeness (QED) is 0.0706. The average Bonchev–Trinajstić information content (AvgIpc) is 3.94. The average molecular weight is 1070 g/mol. The molecular formula is C61H53FN14O4. The van der Waals surface area contributed by atoms with Crippen LogP contribution in [-0.4, -0.2) is 87.4 Å². The van der Waals surface area contributed by atoms with Crippen molar-refractivity contribution in [2.24, 2.45) is 14.1 Å². The normalized spacial score (nSPS) is 12.5. The minimum absolute atomic E-state index is 0.0602. The maximum absolute atomic E-state index is 16.9. The molecule has 18 nitrogen and oxygen atoms in total. The number of carbonyl (C=O) groups is 2. The number of aryl methyl sites for hydroxylation is 3. The highest BCUT2D eigenvalue weighted by atomic mass is 19.1. The van der Waals surface area contributed by atoms with Crippen LogP contribution in [0.4, 0.5) is 27.4 Å². The minimum Gasteiger partial charge on any atom is -0.436 e. The zero-order valence-electron chi connectivity index (χ0n) is 44.2.